The van der Waals surface area contributed by atoms with Crippen LogP contribution in [-0.2, 0) is 11.3 Å². The minimum absolute atomic E-state index is 0. The van der Waals surface area contributed by atoms with Crippen LogP contribution in [0.1, 0.15) is 5.56 Å². The van der Waals surface area contributed by atoms with E-state index in [1.807, 2.05) is 0 Å². The maximum absolute atomic E-state index is 5.19. The number of nitrogens with one attached hydrogen (secondary N) is 1. The number of ether oxygens (including phenoxy) is 1. The first-order chi connectivity index (χ1) is 7.88. The Labute approximate surface area is 122 Å². The number of methoxy groups -OCH3 is 1. The fourth-order valence-electron chi connectivity index (χ4n) is 2.19. The summed E-state index contributed by atoms with van der Waals surface area (Å²) in [5.41, 5.74) is 1.39. The quantitative estimate of drug-likeness (QED) is 0.918. The molecule has 0 radical (unpaired) electrons. The lowest BCUT2D eigenvalue weighted by Gasteiger charge is -2.33. The summed E-state index contributed by atoms with van der Waals surface area (Å²) in [6, 6.07) is 11.1. The standard InChI is InChI=1S/C13H20N2O.2ClH/c1-16-11-13-10-15(8-7-14-13)9-12-5-3-2-4-6-12;;/h2-6,13-14H,7-11H2,1H3;2*1H/t13-;;/m0../s1. The monoisotopic (exact) mass is 292 g/mol. The van der Waals surface area contributed by atoms with Crippen molar-refractivity contribution >= 4 is 24.8 Å². The molecule has 1 aromatic rings. The van der Waals surface area contributed by atoms with Crippen molar-refractivity contribution in [3.8, 4) is 0 Å². The van der Waals surface area contributed by atoms with E-state index in [4.69, 9.17) is 4.74 Å². The minimum Gasteiger partial charge on any atom is -0.383 e. The van der Waals surface area contributed by atoms with Crippen LogP contribution in [0.2, 0.25) is 0 Å². The van der Waals surface area contributed by atoms with Gasteiger partial charge in [0, 0.05) is 39.3 Å². The Hall–Kier alpha value is -0.320. The molecule has 0 saturated carbocycles. The van der Waals surface area contributed by atoms with Crippen molar-refractivity contribution < 1.29 is 4.74 Å². The van der Waals surface area contributed by atoms with Gasteiger partial charge in [0.1, 0.15) is 0 Å². The predicted molar refractivity (Wildman–Crippen MR) is 79.9 cm³/mol. The molecule has 5 heteroatoms. The van der Waals surface area contributed by atoms with Gasteiger partial charge in [0.15, 0.2) is 0 Å². The Balaban J connectivity index is 0.00000144. The van der Waals surface area contributed by atoms with Crippen molar-refractivity contribution in [1.82, 2.24) is 10.2 Å². The Morgan fingerprint density at radius 3 is 2.67 bits per heavy atom. The van der Waals surface area contributed by atoms with Crippen LogP contribution < -0.4 is 5.32 Å². The molecule has 3 nitrogen and oxygen atoms in total. The van der Waals surface area contributed by atoms with Gasteiger partial charge in [-0.05, 0) is 5.56 Å². The third-order valence-electron chi connectivity index (χ3n) is 2.96. The van der Waals surface area contributed by atoms with E-state index in [0.717, 1.165) is 32.8 Å². The van der Waals surface area contributed by atoms with E-state index in [1.165, 1.54) is 5.56 Å². The van der Waals surface area contributed by atoms with Crippen LogP contribution in [-0.4, -0.2) is 44.3 Å². The van der Waals surface area contributed by atoms with Gasteiger partial charge in [0.05, 0.1) is 6.61 Å². The third-order valence-corrected chi connectivity index (χ3v) is 2.96. The summed E-state index contributed by atoms with van der Waals surface area (Å²) in [7, 11) is 1.76. The van der Waals surface area contributed by atoms with E-state index in [2.05, 4.69) is 40.5 Å². The lowest BCUT2D eigenvalue weighted by molar-refractivity contribution is 0.112. The Kier molecular flexibility index (Phi) is 9.42. The molecule has 2 rings (SSSR count). The molecule has 0 spiro atoms. The molecule has 104 valence electrons. The topological polar surface area (TPSA) is 24.5 Å². The molecule has 1 atom stereocenters. The third kappa shape index (κ3) is 5.55. The largest absolute Gasteiger partial charge is 0.383 e. The van der Waals surface area contributed by atoms with Gasteiger partial charge < -0.3 is 10.1 Å². The smallest absolute Gasteiger partial charge is 0.0628 e. The molecule has 0 aliphatic carbocycles. The van der Waals surface area contributed by atoms with Crippen molar-refractivity contribution in [2.75, 3.05) is 33.4 Å². The number of halogens is 2. The fourth-order valence-corrected chi connectivity index (χ4v) is 2.19. The molecule has 1 aromatic carbocycles. The average Bonchev–Trinajstić information content (AvgIpc) is 2.31. The van der Waals surface area contributed by atoms with Crippen molar-refractivity contribution in [3.63, 3.8) is 0 Å². The predicted octanol–water partition coefficient (Wildman–Crippen LogP) is 1.95. The van der Waals surface area contributed by atoms with E-state index in [0.29, 0.717) is 6.04 Å². The molecule has 0 unspecified atom stereocenters. The molecule has 1 fully saturated rings. The zero-order chi connectivity index (χ0) is 11.2. The summed E-state index contributed by atoms with van der Waals surface area (Å²) in [5.74, 6) is 0. The summed E-state index contributed by atoms with van der Waals surface area (Å²) < 4.78 is 5.19. The Bertz CT molecular complexity index is 309. The summed E-state index contributed by atoms with van der Waals surface area (Å²) >= 11 is 0. The molecule has 0 amide bonds. The summed E-state index contributed by atoms with van der Waals surface area (Å²) in [4.78, 5) is 2.48. The normalized spacial score (nSPS) is 19.7. The number of benzene rings is 1. The highest BCUT2D eigenvalue weighted by Gasteiger charge is 2.18. The van der Waals surface area contributed by atoms with Crippen molar-refractivity contribution in [1.29, 1.82) is 0 Å². The van der Waals surface area contributed by atoms with Gasteiger partial charge >= 0.3 is 0 Å². The maximum atomic E-state index is 5.19. The zero-order valence-corrected chi connectivity index (χ0v) is 12.3. The van der Waals surface area contributed by atoms with Gasteiger partial charge in [-0.25, -0.2) is 0 Å². The molecular weight excluding hydrogens is 271 g/mol. The highest BCUT2D eigenvalue weighted by Crippen LogP contribution is 2.07. The lowest BCUT2D eigenvalue weighted by Crippen LogP contribution is -2.52. The van der Waals surface area contributed by atoms with Gasteiger partial charge in [-0.2, -0.15) is 0 Å². The van der Waals surface area contributed by atoms with Crippen LogP contribution in [0.15, 0.2) is 30.3 Å². The molecule has 1 aliphatic heterocycles. The van der Waals surface area contributed by atoms with E-state index in [1.54, 1.807) is 7.11 Å². The fraction of sp³-hybridized carbons (Fsp3) is 0.538. The molecule has 1 saturated heterocycles. The number of hydrogen-bond acceptors (Lipinski definition) is 3. The van der Waals surface area contributed by atoms with Gasteiger partial charge in [-0.3, -0.25) is 4.90 Å². The van der Waals surface area contributed by atoms with Gasteiger partial charge in [0.25, 0.3) is 0 Å². The van der Waals surface area contributed by atoms with E-state index >= 15 is 0 Å². The second-order valence-electron chi connectivity index (χ2n) is 4.33. The summed E-state index contributed by atoms with van der Waals surface area (Å²) in [6.07, 6.45) is 0. The molecule has 18 heavy (non-hydrogen) atoms. The second-order valence-corrected chi connectivity index (χ2v) is 4.33. The molecule has 1 N–H and O–H groups in total. The van der Waals surface area contributed by atoms with Gasteiger partial charge in [-0.1, -0.05) is 30.3 Å². The molecule has 1 aliphatic rings. The highest BCUT2D eigenvalue weighted by atomic mass is 35.5. The first-order valence-electron chi connectivity index (χ1n) is 5.87. The summed E-state index contributed by atoms with van der Waals surface area (Å²) in [6.45, 7) is 5.09. The van der Waals surface area contributed by atoms with E-state index < -0.39 is 0 Å². The van der Waals surface area contributed by atoms with Crippen LogP contribution in [0.5, 0.6) is 0 Å². The number of rotatable bonds is 4. The van der Waals surface area contributed by atoms with Crippen molar-refractivity contribution in [2.24, 2.45) is 0 Å². The Morgan fingerprint density at radius 1 is 1.28 bits per heavy atom. The maximum Gasteiger partial charge on any atom is 0.0628 e. The van der Waals surface area contributed by atoms with Crippen LogP contribution in [0.3, 0.4) is 0 Å². The summed E-state index contributed by atoms with van der Waals surface area (Å²) in [5, 5.41) is 3.47. The van der Waals surface area contributed by atoms with Gasteiger partial charge in [0.2, 0.25) is 0 Å². The number of hydrogen-bond donors (Lipinski definition) is 1. The molecular formula is C13H22Cl2N2O. The van der Waals surface area contributed by atoms with Crippen LogP contribution >= 0.6 is 24.8 Å². The van der Waals surface area contributed by atoms with Crippen LogP contribution in [0.4, 0.5) is 0 Å². The van der Waals surface area contributed by atoms with E-state index in [-0.39, 0.29) is 24.8 Å². The van der Waals surface area contributed by atoms with Crippen LogP contribution in [0, 0.1) is 0 Å². The molecule has 0 aromatic heterocycles. The second kappa shape index (κ2) is 9.59. The van der Waals surface area contributed by atoms with Crippen molar-refractivity contribution in [2.45, 2.75) is 12.6 Å². The zero-order valence-electron chi connectivity index (χ0n) is 10.7. The molecule has 0 bridgehead atoms. The van der Waals surface area contributed by atoms with Crippen LogP contribution in [0.25, 0.3) is 0 Å². The first kappa shape index (κ1) is 17.7. The van der Waals surface area contributed by atoms with Gasteiger partial charge in [-0.15, -0.1) is 24.8 Å². The SMILES string of the molecule is COC[C@@H]1CN(Cc2ccccc2)CCN1.Cl.Cl. The highest BCUT2D eigenvalue weighted by molar-refractivity contribution is 5.85. The molecule has 1 heterocycles. The minimum atomic E-state index is 0. The lowest BCUT2D eigenvalue weighted by atomic mass is 10.1. The Morgan fingerprint density at radius 2 is 2.00 bits per heavy atom. The number of nitrogens with zero attached hydrogens (tertiary/aromatic N) is 1. The number of piperazine rings is 1. The first-order valence-corrected chi connectivity index (χ1v) is 5.87. The average molecular weight is 293 g/mol. The van der Waals surface area contributed by atoms with E-state index in [9.17, 15) is 0 Å². The van der Waals surface area contributed by atoms with Crippen molar-refractivity contribution in [3.05, 3.63) is 35.9 Å².